The van der Waals surface area contributed by atoms with Crippen LogP contribution < -0.4 is 0 Å². The third-order valence-corrected chi connectivity index (χ3v) is 2.52. The van der Waals surface area contributed by atoms with Crippen molar-refractivity contribution >= 4 is 11.3 Å². The molecule has 1 aromatic rings. The SMILES string of the molecule is CC(C)c1cnc(CF)s1. The van der Waals surface area contributed by atoms with Gasteiger partial charge in [0.25, 0.3) is 0 Å². The largest absolute Gasteiger partial charge is 0.247 e. The van der Waals surface area contributed by atoms with E-state index in [-0.39, 0.29) is 0 Å². The maximum absolute atomic E-state index is 12.0. The van der Waals surface area contributed by atoms with E-state index in [1.807, 2.05) is 0 Å². The number of rotatable bonds is 2. The highest BCUT2D eigenvalue weighted by Crippen LogP contribution is 2.21. The minimum absolute atomic E-state index is 0.433. The van der Waals surface area contributed by atoms with Gasteiger partial charge in [0.2, 0.25) is 0 Å². The maximum atomic E-state index is 12.0. The Kier molecular flexibility index (Phi) is 2.38. The van der Waals surface area contributed by atoms with Crippen LogP contribution >= 0.6 is 11.3 Å². The second-order valence-electron chi connectivity index (χ2n) is 2.44. The fourth-order valence-electron chi connectivity index (χ4n) is 0.653. The highest BCUT2D eigenvalue weighted by Gasteiger charge is 2.03. The molecule has 0 aliphatic rings. The smallest absolute Gasteiger partial charge is 0.141 e. The molecule has 0 saturated heterocycles. The van der Waals surface area contributed by atoms with Crippen molar-refractivity contribution in [3.8, 4) is 0 Å². The number of halogens is 1. The molecule has 0 aromatic carbocycles. The quantitative estimate of drug-likeness (QED) is 0.646. The molecule has 0 unspecified atom stereocenters. The molecule has 56 valence electrons. The zero-order valence-electron chi connectivity index (χ0n) is 6.10. The molecule has 1 aromatic heterocycles. The van der Waals surface area contributed by atoms with Crippen molar-refractivity contribution in [3.63, 3.8) is 0 Å². The minimum atomic E-state index is -0.433. The van der Waals surface area contributed by atoms with E-state index < -0.39 is 6.67 Å². The van der Waals surface area contributed by atoms with Crippen LogP contribution in [0.3, 0.4) is 0 Å². The predicted octanol–water partition coefficient (Wildman–Crippen LogP) is 2.74. The van der Waals surface area contributed by atoms with Crippen LogP contribution in [0.5, 0.6) is 0 Å². The van der Waals surface area contributed by atoms with E-state index in [1.54, 1.807) is 6.20 Å². The van der Waals surface area contributed by atoms with E-state index in [4.69, 9.17) is 0 Å². The fraction of sp³-hybridized carbons (Fsp3) is 0.571. The molecule has 0 spiro atoms. The molecule has 1 heterocycles. The van der Waals surface area contributed by atoms with Gasteiger partial charge in [0.15, 0.2) is 0 Å². The summed E-state index contributed by atoms with van der Waals surface area (Å²) >= 11 is 1.45. The highest BCUT2D eigenvalue weighted by atomic mass is 32.1. The predicted molar refractivity (Wildman–Crippen MR) is 41.0 cm³/mol. The summed E-state index contributed by atoms with van der Waals surface area (Å²) in [6.07, 6.45) is 1.75. The standard InChI is InChI=1S/C7H10FNS/c1-5(2)6-4-9-7(3-8)10-6/h4-5H,3H2,1-2H3. The lowest BCUT2D eigenvalue weighted by Crippen LogP contribution is -1.77. The number of hydrogen-bond acceptors (Lipinski definition) is 2. The summed E-state index contributed by atoms with van der Waals surface area (Å²) in [5.41, 5.74) is 0. The lowest BCUT2D eigenvalue weighted by atomic mass is 10.2. The molecule has 0 radical (unpaired) electrons. The molecular weight excluding hydrogens is 149 g/mol. The minimum Gasteiger partial charge on any atom is -0.247 e. The average Bonchev–Trinajstić information content (AvgIpc) is 2.34. The zero-order valence-corrected chi connectivity index (χ0v) is 6.91. The molecule has 0 amide bonds. The van der Waals surface area contributed by atoms with Gasteiger partial charge in [-0.2, -0.15) is 0 Å². The van der Waals surface area contributed by atoms with Crippen molar-refractivity contribution < 1.29 is 4.39 Å². The van der Waals surface area contributed by atoms with E-state index in [9.17, 15) is 4.39 Å². The summed E-state index contributed by atoms with van der Waals surface area (Å²) in [7, 11) is 0. The maximum Gasteiger partial charge on any atom is 0.141 e. The van der Waals surface area contributed by atoms with Gasteiger partial charge in [-0.3, -0.25) is 0 Å². The number of aromatic nitrogens is 1. The molecule has 1 rings (SSSR count). The van der Waals surface area contributed by atoms with Gasteiger partial charge in [-0.15, -0.1) is 11.3 Å². The first-order valence-corrected chi connectivity index (χ1v) is 4.06. The second kappa shape index (κ2) is 3.10. The first-order chi connectivity index (χ1) is 4.74. The van der Waals surface area contributed by atoms with Crippen molar-refractivity contribution in [2.24, 2.45) is 0 Å². The lowest BCUT2D eigenvalue weighted by Gasteiger charge is -1.95. The summed E-state index contributed by atoms with van der Waals surface area (Å²) in [6, 6.07) is 0. The van der Waals surface area contributed by atoms with Crippen molar-refractivity contribution in [1.29, 1.82) is 0 Å². The Bertz CT molecular complexity index is 207. The van der Waals surface area contributed by atoms with Crippen molar-refractivity contribution in [1.82, 2.24) is 4.98 Å². The molecule has 1 nitrogen and oxygen atoms in total. The van der Waals surface area contributed by atoms with E-state index in [0.29, 0.717) is 10.9 Å². The molecule has 0 N–H and O–H groups in total. The lowest BCUT2D eigenvalue weighted by molar-refractivity contribution is 0.483. The summed E-state index contributed by atoms with van der Waals surface area (Å²) in [5.74, 6) is 0.470. The Morgan fingerprint density at radius 1 is 1.70 bits per heavy atom. The number of alkyl halides is 1. The van der Waals surface area contributed by atoms with Gasteiger partial charge in [0.05, 0.1) is 0 Å². The Morgan fingerprint density at radius 3 is 2.70 bits per heavy atom. The van der Waals surface area contributed by atoms with Crippen LogP contribution in [-0.2, 0) is 6.67 Å². The van der Waals surface area contributed by atoms with Crippen LogP contribution in [-0.4, -0.2) is 4.98 Å². The van der Waals surface area contributed by atoms with E-state index >= 15 is 0 Å². The molecule has 0 bridgehead atoms. The Labute approximate surface area is 63.9 Å². The topological polar surface area (TPSA) is 12.9 Å². The Morgan fingerprint density at radius 2 is 2.40 bits per heavy atom. The Hall–Kier alpha value is -0.440. The average molecular weight is 159 g/mol. The Balaban J connectivity index is 2.78. The summed E-state index contributed by atoms with van der Waals surface area (Å²) in [6.45, 7) is 3.72. The van der Waals surface area contributed by atoms with Crippen molar-refractivity contribution in [2.75, 3.05) is 0 Å². The summed E-state index contributed by atoms with van der Waals surface area (Å²) < 4.78 is 12.0. The van der Waals surface area contributed by atoms with E-state index in [1.165, 1.54) is 11.3 Å². The van der Waals surface area contributed by atoms with Crippen LogP contribution in [0.2, 0.25) is 0 Å². The summed E-state index contributed by atoms with van der Waals surface area (Å²) in [5, 5.41) is 0.587. The molecule has 0 aliphatic carbocycles. The van der Waals surface area contributed by atoms with Crippen LogP contribution in [0.15, 0.2) is 6.20 Å². The monoisotopic (exact) mass is 159 g/mol. The van der Waals surface area contributed by atoms with Gasteiger partial charge in [-0.05, 0) is 5.92 Å². The first-order valence-electron chi connectivity index (χ1n) is 3.24. The highest BCUT2D eigenvalue weighted by molar-refractivity contribution is 7.11. The van der Waals surface area contributed by atoms with Crippen molar-refractivity contribution in [3.05, 3.63) is 16.1 Å². The number of hydrogen-bond donors (Lipinski definition) is 0. The molecule has 0 fully saturated rings. The number of thiazole rings is 1. The molecule has 0 aliphatic heterocycles. The fourth-order valence-corrected chi connectivity index (χ4v) is 1.43. The normalized spacial score (nSPS) is 10.8. The van der Waals surface area contributed by atoms with E-state index in [2.05, 4.69) is 18.8 Å². The molecular formula is C7H10FNS. The third-order valence-electron chi connectivity index (χ3n) is 1.25. The molecule has 0 atom stereocenters. The molecule has 3 heteroatoms. The van der Waals surface area contributed by atoms with Crippen LogP contribution in [0, 0.1) is 0 Å². The van der Waals surface area contributed by atoms with Crippen LogP contribution in [0.25, 0.3) is 0 Å². The van der Waals surface area contributed by atoms with Crippen molar-refractivity contribution in [2.45, 2.75) is 26.4 Å². The van der Waals surface area contributed by atoms with Gasteiger partial charge in [-0.1, -0.05) is 13.8 Å². The number of nitrogens with zero attached hydrogens (tertiary/aromatic N) is 1. The molecule has 0 saturated carbocycles. The summed E-state index contributed by atoms with van der Waals surface area (Å²) in [4.78, 5) is 5.06. The van der Waals surface area contributed by atoms with Gasteiger partial charge in [0, 0.05) is 11.1 Å². The third kappa shape index (κ3) is 1.53. The van der Waals surface area contributed by atoms with Gasteiger partial charge < -0.3 is 0 Å². The van der Waals surface area contributed by atoms with Gasteiger partial charge >= 0.3 is 0 Å². The van der Waals surface area contributed by atoms with Crippen LogP contribution in [0.4, 0.5) is 4.39 Å². The van der Waals surface area contributed by atoms with Crippen LogP contribution in [0.1, 0.15) is 29.7 Å². The van der Waals surface area contributed by atoms with Gasteiger partial charge in [0.1, 0.15) is 11.7 Å². The zero-order chi connectivity index (χ0) is 7.56. The van der Waals surface area contributed by atoms with E-state index in [0.717, 1.165) is 4.88 Å². The van der Waals surface area contributed by atoms with Gasteiger partial charge in [-0.25, -0.2) is 9.37 Å². The molecule has 10 heavy (non-hydrogen) atoms. The second-order valence-corrected chi connectivity index (χ2v) is 3.59. The first kappa shape index (κ1) is 7.66.